The van der Waals surface area contributed by atoms with Gasteiger partial charge in [-0.2, -0.15) is 13.2 Å². The number of carbonyl (C=O) groups excluding carboxylic acids is 2. The Labute approximate surface area is 225 Å². The van der Waals surface area contributed by atoms with Crippen LogP contribution in [0.5, 0.6) is 0 Å². The molecule has 39 heavy (non-hydrogen) atoms. The van der Waals surface area contributed by atoms with E-state index >= 15 is 0 Å². The quantitative estimate of drug-likeness (QED) is 0.468. The van der Waals surface area contributed by atoms with Crippen molar-refractivity contribution in [3.05, 3.63) is 65.5 Å². The van der Waals surface area contributed by atoms with Gasteiger partial charge >= 0.3 is 6.18 Å². The van der Waals surface area contributed by atoms with Crippen LogP contribution in [-0.2, 0) is 21.3 Å². The Balaban J connectivity index is 1.33. The van der Waals surface area contributed by atoms with Crippen molar-refractivity contribution in [1.82, 2.24) is 20.5 Å². The lowest BCUT2D eigenvalue weighted by molar-refractivity contribution is -0.137. The van der Waals surface area contributed by atoms with Crippen molar-refractivity contribution in [3.8, 4) is 0 Å². The van der Waals surface area contributed by atoms with Crippen LogP contribution in [-0.4, -0.2) is 71.2 Å². The topological polar surface area (TPSA) is 104 Å². The molecule has 0 spiro atoms. The third-order valence-electron chi connectivity index (χ3n) is 7.86. The number of hydrogen-bond acceptors (Lipinski definition) is 6. The van der Waals surface area contributed by atoms with E-state index < -0.39 is 23.2 Å². The molecule has 1 aliphatic carbocycles. The zero-order valence-corrected chi connectivity index (χ0v) is 22.1. The van der Waals surface area contributed by atoms with Crippen molar-refractivity contribution < 1.29 is 32.6 Å². The molecule has 2 aliphatic rings. The molecule has 1 unspecified atom stereocenters. The predicted molar refractivity (Wildman–Crippen MR) is 138 cm³/mol. The van der Waals surface area contributed by atoms with Crippen LogP contribution < -0.4 is 10.6 Å². The van der Waals surface area contributed by atoms with Crippen molar-refractivity contribution in [2.75, 3.05) is 20.2 Å². The summed E-state index contributed by atoms with van der Waals surface area (Å²) in [7, 11) is 1.57. The van der Waals surface area contributed by atoms with Crippen LogP contribution in [0.1, 0.15) is 60.6 Å². The summed E-state index contributed by atoms with van der Waals surface area (Å²) in [5, 5.41) is 17.2. The van der Waals surface area contributed by atoms with Gasteiger partial charge in [0.15, 0.2) is 0 Å². The molecule has 1 aromatic heterocycles. The van der Waals surface area contributed by atoms with Crippen LogP contribution in [0.15, 0.2) is 48.7 Å². The summed E-state index contributed by atoms with van der Waals surface area (Å²) < 4.78 is 44.5. The van der Waals surface area contributed by atoms with Crippen molar-refractivity contribution in [2.45, 2.75) is 75.0 Å². The maximum absolute atomic E-state index is 13.1. The molecule has 8 nitrogen and oxygen atoms in total. The van der Waals surface area contributed by atoms with Gasteiger partial charge in [-0.1, -0.05) is 12.1 Å². The number of ether oxygens (including phenoxy) is 1. The first-order chi connectivity index (χ1) is 18.5. The largest absolute Gasteiger partial charge is 0.416 e. The van der Waals surface area contributed by atoms with Crippen molar-refractivity contribution in [2.24, 2.45) is 0 Å². The number of nitrogens with zero attached hydrogens (tertiary/aromatic N) is 2. The second-order valence-corrected chi connectivity index (χ2v) is 10.4. The highest BCUT2D eigenvalue weighted by atomic mass is 19.4. The Morgan fingerprint density at radius 2 is 1.92 bits per heavy atom. The molecule has 2 heterocycles. The highest BCUT2D eigenvalue weighted by Gasteiger charge is 2.41. The van der Waals surface area contributed by atoms with Gasteiger partial charge in [-0.25, -0.2) is 0 Å². The van der Waals surface area contributed by atoms with E-state index in [0.29, 0.717) is 31.5 Å². The van der Waals surface area contributed by atoms with Gasteiger partial charge in [0.05, 0.1) is 29.9 Å². The Hall–Kier alpha value is -3.02. The highest BCUT2D eigenvalue weighted by Crippen LogP contribution is 2.36. The summed E-state index contributed by atoms with van der Waals surface area (Å²) in [5.41, 5.74) is -1.35. The zero-order chi connectivity index (χ0) is 28.2. The van der Waals surface area contributed by atoms with Gasteiger partial charge in [0.2, 0.25) is 5.91 Å². The van der Waals surface area contributed by atoms with Crippen molar-refractivity contribution in [1.29, 1.82) is 0 Å². The second kappa shape index (κ2) is 12.0. The van der Waals surface area contributed by atoms with Crippen molar-refractivity contribution in [3.63, 3.8) is 0 Å². The fraction of sp³-hybridized carbons (Fsp3) is 0.536. The molecule has 2 fully saturated rings. The normalized spacial score (nSPS) is 26.3. The molecule has 0 bridgehead atoms. The molecule has 2 amide bonds. The van der Waals surface area contributed by atoms with Crippen LogP contribution in [0.4, 0.5) is 13.2 Å². The molecule has 3 atom stereocenters. The minimum atomic E-state index is -4.57. The van der Waals surface area contributed by atoms with E-state index in [9.17, 15) is 27.9 Å². The lowest BCUT2D eigenvalue weighted by atomic mass is 9.79. The zero-order valence-electron chi connectivity index (χ0n) is 22.1. The lowest BCUT2D eigenvalue weighted by Crippen LogP contribution is -2.47. The molecular weight excluding hydrogens is 513 g/mol. The van der Waals surface area contributed by atoms with E-state index in [4.69, 9.17) is 4.74 Å². The van der Waals surface area contributed by atoms with Crippen LogP contribution in [0, 0.1) is 0 Å². The number of methoxy groups -OCH3 is 1. The van der Waals surface area contributed by atoms with Crippen LogP contribution in [0.25, 0.3) is 0 Å². The summed E-state index contributed by atoms with van der Waals surface area (Å²) >= 11 is 0. The molecule has 1 aromatic carbocycles. The van der Waals surface area contributed by atoms with Crippen LogP contribution in [0.3, 0.4) is 0 Å². The molecule has 2 aromatic rings. The number of hydrogen-bond donors (Lipinski definition) is 3. The second-order valence-electron chi connectivity index (χ2n) is 10.4. The number of alkyl halides is 3. The summed E-state index contributed by atoms with van der Waals surface area (Å²) in [6.07, 6.45) is 0.199. The number of halogens is 3. The average molecular weight is 549 g/mol. The maximum atomic E-state index is 13.1. The number of pyridine rings is 1. The standard InChI is InChI=1S/C28H35F3N4O4/c1-18(39-2)23-15-22(34-21-9-11-27(38,12-10-21)24-8-3-4-13-32-24)17-35(23)25(36)16-33-26(37)19-6-5-7-20(14-19)28(29,30)31/h3-8,13-14,18,21-23,34,38H,9-12,15-17H2,1-2H3,(H,33,37)/t18-,21?,22+,23?,27?/m1/s1. The first kappa shape index (κ1) is 29.0. The average Bonchev–Trinajstić information content (AvgIpc) is 3.36. The molecule has 212 valence electrons. The Morgan fingerprint density at radius 1 is 1.18 bits per heavy atom. The third kappa shape index (κ3) is 6.95. The van der Waals surface area contributed by atoms with Crippen molar-refractivity contribution >= 4 is 11.8 Å². The summed E-state index contributed by atoms with van der Waals surface area (Å²) in [6, 6.07) is 9.58. The van der Waals surface area contributed by atoms with Gasteiger partial charge in [-0.15, -0.1) is 0 Å². The van der Waals surface area contributed by atoms with Gasteiger partial charge in [-0.3, -0.25) is 14.6 Å². The van der Waals surface area contributed by atoms with Gasteiger partial charge in [0.25, 0.3) is 5.91 Å². The number of aromatic nitrogens is 1. The third-order valence-corrected chi connectivity index (χ3v) is 7.86. The van der Waals surface area contributed by atoms with E-state index in [1.54, 1.807) is 18.2 Å². The lowest BCUT2D eigenvalue weighted by Gasteiger charge is -2.37. The monoisotopic (exact) mass is 548 g/mol. The molecule has 0 radical (unpaired) electrons. The fourth-order valence-electron chi connectivity index (χ4n) is 5.56. The number of nitrogens with one attached hydrogen (secondary N) is 2. The number of rotatable bonds is 8. The van der Waals surface area contributed by atoms with Gasteiger partial charge < -0.3 is 25.4 Å². The molecule has 1 saturated carbocycles. The van der Waals surface area contributed by atoms with E-state index in [2.05, 4.69) is 15.6 Å². The minimum absolute atomic E-state index is 0.00163. The molecule has 11 heteroatoms. The van der Waals surface area contributed by atoms with E-state index in [1.165, 1.54) is 6.07 Å². The van der Waals surface area contributed by atoms with Gasteiger partial charge in [-0.05, 0) is 69.4 Å². The summed E-state index contributed by atoms with van der Waals surface area (Å²) in [5.74, 6) is -1.08. The number of amides is 2. The first-order valence-electron chi connectivity index (χ1n) is 13.2. The summed E-state index contributed by atoms with van der Waals surface area (Å²) in [4.78, 5) is 31.6. The van der Waals surface area contributed by atoms with Gasteiger partial charge in [0, 0.05) is 37.5 Å². The predicted octanol–water partition coefficient (Wildman–Crippen LogP) is 3.25. The number of carbonyl (C=O) groups is 2. The number of benzene rings is 1. The fourth-order valence-corrected chi connectivity index (χ4v) is 5.56. The number of likely N-dealkylation sites (tertiary alicyclic amines) is 1. The Kier molecular flexibility index (Phi) is 8.93. The Morgan fingerprint density at radius 3 is 2.56 bits per heavy atom. The molecule has 4 rings (SSSR count). The SMILES string of the molecule is CO[C@H](C)C1C[C@H](NC2CCC(O)(c3ccccn3)CC2)CN1C(=O)CNC(=O)c1cccc(C(F)(F)F)c1. The highest BCUT2D eigenvalue weighted by molar-refractivity contribution is 5.96. The van der Waals surface area contributed by atoms with E-state index in [-0.39, 0.29) is 42.2 Å². The van der Waals surface area contributed by atoms with Gasteiger partial charge in [0.1, 0.15) is 5.60 Å². The molecule has 1 saturated heterocycles. The minimum Gasteiger partial charge on any atom is -0.384 e. The molecular formula is C28H35F3N4O4. The first-order valence-corrected chi connectivity index (χ1v) is 13.2. The molecule has 1 aliphatic heterocycles. The number of aliphatic hydroxyl groups is 1. The molecule has 3 N–H and O–H groups in total. The summed E-state index contributed by atoms with van der Waals surface area (Å²) in [6.45, 7) is 1.95. The van der Waals surface area contributed by atoms with E-state index in [0.717, 1.165) is 31.0 Å². The Bertz CT molecular complexity index is 1140. The van der Waals surface area contributed by atoms with Crippen LogP contribution in [0.2, 0.25) is 0 Å². The van der Waals surface area contributed by atoms with Crippen LogP contribution >= 0.6 is 0 Å². The maximum Gasteiger partial charge on any atom is 0.416 e. The smallest absolute Gasteiger partial charge is 0.384 e. The van der Waals surface area contributed by atoms with E-state index in [1.807, 2.05) is 25.1 Å².